The number of hydrogen-bond donors (Lipinski definition) is 1. The summed E-state index contributed by atoms with van der Waals surface area (Å²) in [5.74, 6) is 0.220. The van der Waals surface area contributed by atoms with Gasteiger partial charge in [-0.05, 0) is 6.42 Å². The van der Waals surface area contributed by atoms with Gasteiger partial charge in [0, 0.05) is 12.0 Å². The van der Waals surface area contributed by atoms with Crippen molar-refractivity contribution in [2.24, 2.45) is 0 Å². The van der Waals surface area contributed by atoms with Crippen LogP contribution in [0.4, 0.5) is 0 Å². The molecule has 0 radical (unpaired) electrons. The summed E-state index contributed by atoms with van der Waals surface area (Å²) in [5.41, 5.74) is 1.35. The second-order valence-corrected chi connectivity index (χ2v) is 9.65. The van der Waals surface area contributed by atoms with Crippen LogP contribution in [0.3, 0.4) is 0 Å². The Morgan fingerprint density at radius 2 is 1.27 bits per heavy atom. The van der Waals surface area contributed by atoms with Gasteiger partial charge in [0.1, 0.15) is 6.54 Å². The highest BCUT2D eigenvalue weighted by atomic mass is 16.1. The van der Waals surface area contributed by atoms with Gasteiger partial charge in [-0.15, -0.1) is 0 Å². The van der Waals surface area contributed by atoms with E-state index in [1.807, 2.05) is 0 Å². The van der Waals surface area contributed by atoms with Gasteiger partial charge in [-0.3, -0.25) is 4.79 Å². The molecule has 30 heavy (non-hydrogen) atoms. The third kappa shape index (κ3) is 15.5. The van der Waals surface area contributed by atoms with E-state index in [2.05, 4.69) is 56.7 Å². The molecule has 0 aliphatic heterocycles. The van der Waals surface area contributed by atoms with Gasteiger partial charge >= 0.3 is 0 Å². The van der Waals surface area contributed by atoms with Crippen molar-refractivity contribution in [3.63, 3.8) is 0 Å². The van der Waals surface area contributed by atoms with Crippen LogP contribution in [0.2, 0.25) is 0 Å². The third-order valence-electron chi connectivity index (χ3n) is 6.00. The molecule has 3 nitrogen and oxygen atoms in total. The van der Waals surface area contributed by atoms with Crippen molar-refractivity contribution in [1.82, 2.24) is 5.32 Å². The molecule has 0 unspecified atom stereocenters. The lowest BCUT2D eigenvalue weighted by Crippen LogP contribution is -2.44. The lowest BCUT2D eigenvalue weighted by molar-refractivity contribution is -0.902. The topological polar surface area (TPSA) is 29.1 Å². The minimum Gasteiger partial charge on any atom is -0.350 e. The lowest BCUT2D eigenvalue weighted by atomic mass is 10.0. The molecule has 1 rings (SSSR count). The molecule has 0 aromatic heterocycles. The number of likely N-dealkylation sites (N-methyl/N-ethyl adjacent to an activating group) is 1. The molecule has 0 heterocycles. The summed E-state index contributed by atoms with van der Waals surface area (Å²) in [6.07, 6.45) is 18.2. The standard InChI is InChI=1S/C27H48N2O/c1-4-5-6-7-8-9-10-11-12-13-14-15-19-22-27(30)28-23-24-29(2,3)25-26-20-17-16-18-21-26/h16-18,20-21H,4-15,19,22-25H2,1-3H3/p+1. The number of nitrogens with one attached hydrogen (secondary N) is 1. The Hall–Kier alpha value is -1.35. The zero-order valence-corrected chi connectivity index (χ0v) is 20.3. The first-order valence-electron chi connectivity index (χ1n) is 12.7. The van der Waals surface area contributed by atoms with Gasteiger partial charge in [0.15, 0.2) is 0 Å². The number of amides is 1. The minimum absolute atomic E-state index is 0.220. The number of carbonyl (C=O) groups excluding carboxylic acids is 1. The largest absolute Gasteiger partial charge is 0.350 e. The molecule has 0 saturated carbocycles. The van der Waals surface area contributed by atoms with Crippen LogP contribution in [0.15, 0.2) is 30.3 Å². The number of unbranched alkanes of at least 4 members (excludes halogenated alkanes) is 12. The average molecular weight is 418 g/mol. The molecular weight excluding hydrogens is 368 g/mol. The highest BCUT2D eigenvalue weighted by Crippen LogP contribution is 2.13. The van der Waals surface area contributed by atoms with Crippen molar-refractivity contribution in [2.75, 3.05) is 27.2 Å². The van der Waals surface area contributed by atoms with Gasteiger partial charge in [0.25, 0.3) is 0 Å². The van der Waals surface area contributed by atoms with Gasteiger partial charge in [-0.2, -0.15) is 0 Å². The Morgan fingerprint density at radius 1 is 0.767 bits per heavy atom. The van der Waals surface area contributed by atoms with Crippen LogP contribution in [-0.2, 0) is 11.3 Å². The van der Waals surface area contributed by atoms with Crippen LogP contribution in [0.1, 0.15) is 102 Å². The third-order valence-corrected chi connectivity index (χ3v) is 6.00. The van der Waals surface area contributed by atoms with Gasteiger partial charge < -0.3 is 9.80 Å². The van der Waals surface area contributed by atoms with E-state index in [0.29, 0.717) is 6.42 Å². The molecule has 1 aromatic rings. The van der Waals surface area contributed by atoms with Crippen molar-refractivity contribution in [1.29, 1.82) is 0 Å². The smallest absolute Gasteiger partial charge is 0.220 e. The van der Waals surface area contributed by atoms with E-state index in [9.17, 15) is 4.79 Å². The van der Waals surface area contributed by atoms with Crippen LogP contribution < -0.4 is 5.32 Å². The summed E-state index contributed by atoms with van der Waals surface area (Å²) in [6.45, 7) is 4.99. The van der Waals surface area contributed by atoms with E-state index in [0.717, 1.165) is 30.5 Å². The number of rotatable bonds is 19. The predicted octanol–water partition coefficient (Wildman–Crippen LogP) is 6.86. The van der Waals surface area contributed by atoms with Crippen molar-refractivity contribution >= 4 is 5.91 Å². The van der Waals surface area contributed by atoms with Gasteiger partial charge in [0.05, 0.1) is 27.2 Å². The fourth-order valence-electron chi connectivity index (χ4n) is 4.05. The summed E-state index contributed by atoms with van der Waals surface area (Å²) in [6, 6.07) is 10.6. The molecule has 3 heteroatoms. The molecule has 0 bridgehead atoms. The summed E-state index contributed by atoms with van der Waals surface area (Å²) in [4.78, 5) is 12.1. The molecule has 0 atom stereocenters. The van der Waals surface area contributed by atoms with E-state index >= 15 is 0 Å². The first-order chi connectivity index (χ1) is 14.5. The fraction of sp³-hybridized carbons (Fsp3) is 0.741. The van der Waals surface area contributed by atoms with Crippen molar-refractivity contribution in [2.45, 2.75) is 103 Å². The monoisotopic (exact) mass is 417 g/mol. The number of benzene rings is 1. The number of quaternary nitrogens is 1. The molecule has 1 amide bonds. The maximum Gasteiger partial charge on any atom is 0.220 e. The Morgan fingerprint density at radius 3 is 1.80 bits per heavy atom. The van der Waals surface area contributed by atoms with E-state index in [-0.39, 0.29) is 5.91 Å². The zero-order chi connectivity index (χ0) is 21.9. The summed E-state index contributed by atoms with van der Waals surface area (Å²) < 4.78 is 0.892. The Bertz CT molecular complexity index is 527. The minimum atomic E-state index is 0.220. The zero-order valence-electron chi connectivity index (χ0n) is 20.3. The first kappa shape index (κ1) is 26.7. The highest BCUT2D eigenvalue weighted by molar-refractivity contribution is 5.75. The van der Waals surface area contributed by atoms with Crippen molar-refractivity contribution in [3.05, 3.63) is 35.9 Å². The molecule has 1 aromatic carbocycles. The lowest BCUT2D eigenvalue weighted by Gasteiger charge is -2.30. The van der Waals surface area contributed by atoms with E-state index < -0.39 is 0 Å². The van der Waals surface area contributed by atoms with Gasteiger partial charge in [0.2, 0.25) is 5.91 Å². The van der Waals surface area contributed by atoms with Crippen LogP contribution in [-0.4, -0.2) is 37.6 Å². The summed E-state index contributed by atoms with van der Waals surface area (Å²) in [7, 11) is 4.46. The molecular formula is C27H49N2O+. The Labute approximate surface area is 187 Å². The number of carbonyl (C=O) groups is 1. The normalized spacial score (nSPS) is 11.6. The summed E-state index contributed by atoms with van der Waals surface area (Å²) in [5, 5.41) is 3.11. The fourth-order valence-corrected chi connectivity index (χ4v) is 4.05. The Kier molecular flexibility index (Phi) is 15.4. The quantitative estimate of drug-likeness (QED) is 0.193. The SMILES string of the molecule is CCCCCCCCCCCCCCCC(=O)NCC[N+](C)(C)Cc1ccccc1. The van der Waals surface area contributed by atoms with Crippen LogP contribution >= 0.6 is 0 Å². The van der Waals surface area contributed by atoms with Crippen molar-refractivity contribution < 1.29 is 9.28 Å². The maximum atomic E-state index is 12.1. The predicted molar refractivity (Wildman–Crippen MR) is 130 cm³/mol. The number of nitrogens with zero attached hydrogens (tertiary/aromatic N) is 1. The molecule has 0 aliphatic rings. The first-order valence-corrected chi connectivity index (χ1v) is 12.7. The highest BCUT2D eigenvalue weighted by Gasteiger charge is 2.15. The van der Waals surface area contributed by atoms with Crippen LogP contribution in [0.25, 0.3) is 0 Å². The Balaban J connectivity index is 1.90. The molecule has 172 valence electrons. The number of hydrogen-bond acceptors (Lipinski definition) is 1. The molecule has 0 saturated heterocycles. The second-order valence-electron chi connectivity index (χ2n) is 9.65. The van der Waals surface area contributed by atoms with E-state index in [4.69, 9.17) is 0 Å². The van der Waals surface area contributed by atoms with E-state index in [1.165, 1.54) is 82.6 Å². The molecule has 0 spiro atoms. The van der Waals surface area contributed by atoms with Crippen LogP contribution in [0, 0.1) is 0 Å². The molecule has 1 N–H and O–H groups in total. The van der Waals surface area contributed by atoms with Gasteiger partial charge in [-0.25, -0.2) is 0 Å². The second kappa shape index (κ2) is 17.3. The van der Waals surface area contributed by atoms with Crippen LogP contribution in [0.5, 0.6) is 0 Å². The van der Waals surface area contributed by atoms with Gasteiger partial charge in [-0.1, -0.05) is 114 Å². The van der Waals surface area contributed by atoms with E-state index in [1.54, 1.807) is 0 Å². The summed E-state index contributed by atoms with van der Waals surface area (Å²) >= 11 is 0. The van der Waals surface area contributed by atoms with Crippen molar-refractivity contribution in [3.8, 4) is 0 Å². The molecule has 0 aliphatic carbocycles. The average Bonchev–Trinajstić information content (AvgIpc) is 2.71. The molecule has 0 fully saturated rings. The maximum absolute atomic E-state index is 12.1.